The third kappa shape index (κ3) is 2.09. The number of esters is 1. The molecule has 1 heterocycles. The smallest absolute Gasteiger partial charge is 0.356 e. The molecule has 0 radical (unpaired) electrons. The van der Waals surface area contributed by atoms with Crippen LogP contribution in [0.4, 0.5) is 0 Å². The van der Waals surface area contributed by atoms with E-state index in [4.69, 9.17) is 0 Å². The number of carbonyl (C=O) groups is 2. The molecule has 0 unspecified atom stereocenters. The van der Waals surface area contributed by atoms with Gasteiger partial charge in [-0.1, -0.05) is 25.1 Å². The van der Waals surface area contributed by atoms with Crippen LogP contribution in [-0.4, -0.2) is 23.8 Å². The van der Waals surface area contributed by atoms with E-state index < -0.39 is 5.97 Å². The van der Waals surface area contributed by atoms with E-state index in [0.29, 0.717) is 17.5 Å². The number of pyridine rings is 1. The van der Waals surface area contributed by atoms with Gasteiger partial charge in [-0.25, -0.2) is 9.78 Å². The van der Waals surface area contributed by atoms with Crippen LogP contribution in [0, 0.1) is 0 Å². The molecule has 0 amide bonds. The van der Waals surface area contributed by atoms with Gasteiger partial charge in [0.25, 0.3) is 0 Å². The Labute approximate surface area is 105 Å². The van der Waals surface area contributed by atoms with Crippen LogP contribution in [-0.2, 0) is 4.74 Å². The molecule has 92 valence electrons. The third-order valence-corrected chi connectivity index (χ3v) is 2.73. The fourth-order valence-electron chi connectivity index (χ4n) is 1.81. The van der Waals surface area contributed by atoms with Gasteiger partial charge in [0.2, 0.25) is 0 Å². The minimum absolute atomic E-state index is 0.0150. The second-order valence-electron chi connectivity index (χ2n) is 3.84. The largest absolute Gasteiger partial charge is 0.464 e. The summed E-state index contributed by atoms with van der Waals surface area (Å²) in [6.45, 7) is 1.79. The average Bonchev–Trinajstić information content (AvgIpc) is 2.44. The maximum atomic E-state index is 11.9. The Morgan fingerprint density at radius 3 is 2.67 bits per heavy atom. The molecule has 0 saturated heterocycles. The highest BCUT2D eigenvalue weighted by Crippen LogP contribution is 2.20. The number of fused-ring (bicyclic) bond motifs is 1. The molecule has 0 aliphatic carbocycles. The van der Waals surface area contributed by atoms with Crippen molar-refractivity contribution in [2.24, 2.45) is 0 Å². The van der Waals surface area contributed by atoms with Crippen molar-refractivity contribution in [2.45, 2.75) is 13.3 Å². The summed E-state index contributed by atoms with van der Waals surface area (Å²) in [5.74, 6) is -0.551. The summed E-state index contributed by atoms with van der Waals surface area (Å²) < 4.78 is 4.64. The molecule has 4 heteroatoms. The lowest BCUT2D eigenvalue weighted by molar-refractivity contribution is 0.0594. The quantitative estimate of drug-likeness (QED) is 0.614. The zero-order valence-electron chi connectivity index (χ0n) is 10.3. The van der Waals surface area contributed by atoms with Gasteiger partial charge in [0, 0.05) is 17.4 Å². The molecule has 0 saturated carbocycles. The predicted octanol–water partition coefficient (Wildman–Crippen LogP) is 2.61. The number of hydrogen-bond donors (Lipinski definition) is 0. The van der Waals surface area contributed by atoms with Crippen LogP contribution in [0.1, 0.15) is 34.2 Å². The molecule has 0 N–H and O–H groups in total. The predicted molar refractivity (Wildman–Crippen MR) is 67.7 cm³/mol. The van der Waals surface area contributed by atoms with Crippen LogP contribution < -0.4 is 0 Å². The van der Waals surface area contributed by atoms with Crippen molar-refractivity contribution in [3.63, 3.8) is 0 Å². The number of rotatable bonds is 3. The minimum atomic E-state index is -0.536. The minimum Gasteiger partial charge on any atom is -0.464 e. The van der Waals surface area contributed by atoms with Gasteiger partial charge >= 0.3 is 5.97 Å². The molecule has 1 aromatic carbocycles. The monoisotopic (exact) mass is 243 g/mol. The van der Waals surface area contributed by atoms with E-state index in [9.17, 15) is 9.59 Å². The average molecular weight is 243 g/mol. The first-order chi connectivity index (χ1) is 8.67. The Bertz CT molecular complexity index is 619. The van der Waals surface area contributed by atoms with E-state index in [2.05, 4.69) is 9.72 Å². The number of para-hydroxylation sites is 1. The normalized spacial score (nSPS) is 10.3. The zero-order valence-corrected chi connectivity index (χ0v) is 10.3. The molecule has 0 aliphatic rings. The molecule has 0 spiro atoms. The van der Waals surface area contributed by atoms with Crippen molar-refractivity contribution >= 4 is 22.7 Å². The molecular weight excluding hydrogens is 230 g/mol. The van der Waals surface area contributed by atoms with E-state index in [-0.39, 0.29) is 11.5 Å². The Kier molecular flexibility index (Phi) is 3.37. The standard InChI is InChI=1S/C14H13NO3/c1-3-13(16)10-8-12(14(17)18-2)15-11-7-5-4-6-9(10)11/h4-8H,3H2,1-2H3. The van der Waals surface area contributed by atoms with Gasteiger partial charge in [-0.05, 0) is 12.1 Å². The van der Waals surface area contributed by atoms with E-state index in [1.807, 2.05) is 18.2 Å². The van der Waals surface area contributed by atoms with Gasteiger partial charge in [0.15, 0.2) is 5.78 Å². The van der Waals surface area contributed by atoms with Crippen LogP contribution in [0.15, 0.2) is 30.3 Å². The van der Waals surface area contributed by atoms with Gasteiger partial charge in [-0.2, -0.15) is 0 Å². The maximum Gasteiger partial charge on any atom is 0.356 e. The fraction of sp³-hybridized carbons (Fsp3) is 0.214. The second-order valence-corrected chi connectivity index (χ2v) is 3.84. The van der Waals surface area contributed by atoms with Crippen molar-refractivity contribution in [1.29, 1.82) is 0 Å². The molecular formula is C14H13NO3. The Hall–Kier alpha value is -2.23. The molecule has 4 nitrogen and oxygen atoms in total. The highest BCUT2D eigenvalue weighted by Gasteiger charge is 2.15. The van der Waals surface area contributed by atoms with Crippen LogP contribution in [0.3, 0.4) is 0 Å². The van der Waals surface area contributed by atoms with Gasteiger partial charge < -0.3 is 4.74 Å². The summed E-state index contributed by atoms with van der Waals surface area (Å²) in [6, 6.07) is 8.76. The summed E-state index contributed by atoms with van der Waals surface area (Å²) >= 11 is 0. The number of ether oxygens (including phenoxy) is 1. The highest BCUT2D eigenvalue weighted by molar-refractivity contribution is 6.08. The van der Waals surface area contributed by atoms with E-state index in [0.717, 1.165) is 5.39 Å². The van der Waals surface area contributed by atoms with Gasteiger partial charge in [-0.3, -0.25) is 4.79 Å². The first-order valence-electron chi connectivity index (χ1n) is 5.68. The number of hydrogen-bond acceptors (Lipinski definition) is 4. The van der Waals surface area contributed by atoms with E-state index >= 15 is 0 Å². The Morgan fingerprint density at radius 2 is 2.00 bits per heavy atom. The number of Topliss-reactive ketones (excluding diaryl/α,β-unsaturated/α-hetero) is 1. The Morgan fingerprint density at radius 1 is 1.28 bits per heavy atom. The molecule has 0 atom stereocenters. The molecule has 18 heavy (non-hydrogen) atoms. The summed E-state index contributed by atoms with van der Waals surface area (Å²) in [5.41, 5.74) is 1.30. The number of ketones is 1. The summed E-state index contributed by atoms with van der Waals surface area (Å²) in [6.07, 6.45) is 0.384. The maximum absolute atomic E-state index is 11.9. The summed E-state index contributed by atoms with van der Waals surface area (Å²) in [5, 5.41) is 0.761. The lowest BCUT2D eigenvalue weighted by atomic mass is 10.0. The van der Waals surface area contributed by atoms with Crippen LogP contribution >= 0.6 is 0 Å². The van der Waals surface area contributed by atoms with Crippen molar-refractivity contribution in [2.75, 3.05) is 7.11 Å². The van der Waals surface area contributed by atoms with Gasteiger partial charge in [-0.15, -0.1) is 0 Å². The van der Waals surface area contributed by atoms with Gasteiger partial charge in [0.05, 0.1) is 12.6 Å². The van der Waals surface area contributed by atoms with Crippen molar-refractivity contribution in [3.05, 3.63) is 41.6 Å². The zero-order chi connectivity index (χ0) is 13.1. The topological polar surface area (TPSA) is 56.3 Å². The number of nitrogens with zero attached hydrogens (tertiary/aromatic N) is 1. The lowest BCUT2D eigenvalue weighted by Crippen LogP contribution is -2.08. The van der Waals surface area contributed by atoms with E-state index in [1.165, 1.54) is 13.2 Å². The number of aromatic nitrogens is 1. The first kappa shape index (κ1) is 12.2. The summed E-state index contributed by atoms with van der Waals surface area (Å²) in [7, 11) is 1.29. The van der Waals surface area contributed by atoms with E-state index in [1.54, 1.807) is 13.0 Å². The van der Waals surface area contributed by atoms with Crippen molar-refractivity contribution < 1.29 is 14.3 Å². The number of benzene rings is 1. The van der Waals surface area contributed by atoms with Crippen molar-refractivity contribution in [3.8, 4) is 0 Å². The second kappa shape index (κ2) is 4.96. The van der Waals surface area contributed by atoms with Crippen LogP contribution in [0.25, 0.3) is 10.9 Å². The molecule has 1 aromatic heterocycles. The van der Waals surface area contributed by atoms with Crippen molar-refractivity contribution in [1.82, 2.24) is 4.98 Å². The third-order valence-electron chi connectivity index (χ3n) is 2.73. The molecule has 2 aromatic rings. The molecule has 2 rings (SSSR count). The fourth-order valence-corrected chi connectivity index (χ4v) is 1.81. The van der Waals surface area contributed by atoms with Gasteiger partial charge in [0.1, 0.15) is 5.69 Å². The summed E-state index contributed by atoms with van der Waals surface area (Å²) in [4.78, 5) is 27.6. The van der Waals surface area contributed by atoms with Crippen LogP contribution in [0.5, 0.6) is 0 Å². The first-order valence-corrected chi connectivity index (χ1v) is 5.68. The van der Waals surface area contributed by atoms with Crippen LogP contribution in [0.2, 0.25) is 0 Å². The Balaban J connectivity index is 2.72. The number of methoxy groups -OCH3 is 1. The molecule has 0 aliphatic heterocycles. The molecule has 0 bridgehead atoms. The lowest BCUT2D eigenvalue weighted by Gasteiger charge is -2.06. The number of carbonyl (C=O) groups excluding carboxylic acids is 2. The molecule has 0 fully saturated rings. The highest BCUT2D eigenvalue weighted by atomic mass is 16.5. The SMILES string of the molecule is CCC(=O)c1cc(C(=O)OC)nc2ccccc12.